The first-order chi connectivity index (χ1) is 24.5. The Kier molecular flexibility index (Phi) is 12.7. The predicted octanol–water partition coefficient (Wildman–Crippen LogP) is 6.91. The Labute approximate surface area is 309 Å². The van der Waals surface area contributed by atoms with Gasteiger partial charge in [0.05, 0.1) is 31.9 Å². The molecular formula is C38H41Cl2N3O7S. The monoisotopic (exact) mass is 753 g/mol. The van der Waals surface area contributed by atoms with Gasteiger partial charge in [0, 0.05) is 35.1 Å². The van der Waals surface area contributed by atoms with E-state index in [9.17, 15) is 18.0 Å². The average molecular weight is 755 g/mol. The minimum absolute atomic E-state index is 0.0171. The zero-order valence-electron chi connectivity index (χ0n) is 28.7. The molecule has 0 bridgehead atoms. The maximum Gasteiger partial charge on any atom is 0.265 e. The third-order valence-corrected chi connectivity index (χ3v) is 11.1. The third-order valence-electron chi connectivity index (χ3n) is 8.85. The molecule has 1 unspecified atom stereocenters. The van der Waals surface area contributed by atoms with E-state index in [-0.39, 0.29) is 52.0 Å². The summed E-state index contributed by atoms with van der Waals surface area (Å²) in [6.07, 6.45) is 3.89. The lowest BCUT2D eigenvalue weighted by Crippen LogP contribution is -2.54. The van der Waals surface area contributed by atoms with Crippen molar-refractivity contribution in [1.82, 2.24) is 10.2 Å². The van der Waals surface area contributed by atoms with Crippen molar-refractivity contribution < 1.29 is 32.2 Å². The van der Waals surface area contributed by atoms with Crippen molar-refractivity contribution in [2.24, 2.45) is 0 Å². The quantitative estimate of drug-likeness (QED) is 0.140. The maximum absolute atomic E-state index is 14.9. The van der Waals surface area contributed by atoms with Crippen molar-refractivity contribution in [3.8, 4) is 17.2 Å². The molecule has 0 aliphatic heterocycles. The number of sulfonamides is 1. The molecule has 0 spiro atoms. The zero-order chi connectivity index (χ0) is 36.5. The molecule has 1 aliphatic rings. The molecular weight excluding hydrogens is 713 g/mol. The normalized spacial score (nSPS) is 13.7. The van der Waals surface area contributed by atoms with E-state index in [0.29, 0.717) is 16.3 Å². The summed E-state index contributed by atoms with van der Waals surface area (Å²) in [6, 6.07) is 24.0. The van der Waals surface area contributed by atoms with Gasteiger partial charge in [0.15, 0.2) is 11.5 Å². The van der Waals surface area contributed by atoms with Crippen LogP contribution < -0.4 is 23.8 Å². The van der Waals surface area contributed by atoms with Gasteiger partial charge in [-0.05, 0) is 66.4 Å². The molecule has 0 radical (unpaired) electrons. The van der Waals surface area contributed by atoms with Crippen LogP contribution in [0, 0.1) is 0 Å². The van der Waals surface area contributed by atoms with Crippen LogP contribution in [0.3, 0.4) is 0 Å². The summed E-state index contributed by atoms with van der Waals surface area (Å²) in [6.45, 7) is -0.720. The van der Waals surface area contributed by atoms with Gasteiger partial charge in [-0.25, -0.2) is 8.42 Å². The number of hydrogen-bond acceptors (Lipinski definition) is 7. The Morgan fingerprint density at radius 1 is 0.784 bits per heavy atom. The molecule has 0 aromatic heterocycles. The Balaban J connectivity index is 1.63. The molecule has 270 valence electrons. The van der Waals surface area contributed by atoms with Crippen LogP contribution in [0.4, 0.5) is 5.69 Å². The van der Waals surface area contributed by atoms with E-state index in [1.807, 2.05) is 30.3 Å². The maximum atomic E-state index is 14.9. The standard InChI is InChI=1S/C38H41Cl2N3O7S/c1-48-34-18-16-29(40)22-32(34)43(51(46,47)31-17-19-35(49-2)36(23-31)50-3)25-37(44)42(24-27-12-9-13-28(39)20-27)33(21-26-10-5-4-6-11-26)38(45)41-30-14-7-8-15-30/h4-6,9-13,16-20,22-23,30,33H,7-8,14-15,21,24-25H2,1-3H3,(H,41,45). The van der Waals surface area contributed by atoms with Gasteiger partial charge in [-0.3, -0.25) is 13.9 Å². The van der Waals surface area contributed by atoms with Crippen LogP contribution in [0.5, 0.6) is 17.2 Å². The van der Waals surface area contributed by atoms with E-state index in [2.05, 4.69) is 5.32 Å². The summed E-state index contributed by atoms with van der Waals surface area (Å²) in [5.41, 5.74) is 1.53. The van der Waals surface area contributed by atoms with Gasteiger partial charge in [-0.1, -0.05) is 78.5 Å². The number of amides is 2. The predicted molar refractivity (Wildman–Crippen MR) is 198 cm³/mol. The summed E-state index contributed by atoms with van der Waals surface area (Å²) in [5, 5.41) is 3.84. The van der Waals surface area contributed by atoms with E-state index in [4.69, 9.17) is 37.4 Å². The molecule has 10 nitrogen and oxygen atoms in total. The van der Waals surface area contributed by atoms with Crippen molar-refractivity contribution in [1.29, 1.82) is 0 Å². The molecule has 1 saturated carbocycles. The number of methoxy groups -OCH3 is 3. The van der Waals surface area contributed by atoms with E-state index in [1.54, 1.807) is 30.3 Å². The fourth-order valence-electron chi connectivity index (χ4n) is 6.23. The molecule has 1 atom stereocenters. The number of nitrogens with zero attached hydrogens (tertiary/aromatic N) is 2. The third kappa shape index (κ3) is 9.27. The van der Waals surface area contributed by atoms with E-state index in [1.165, 1.54) is 56.6 Å². The number of halogens is 2. The van der Waals surface area contributed by atoms with Gasteiger partial charge < -0.3 is 24.4 Å². The summed E-state index contributed by atoms with van der Waals surface area (Å²) < 4.78 is 46.5. The minimum Gasteiger partial charge on any atom is -0.495 e. The number of carbonyl (C=O) groups excluding carboxylic acids is 2. The van der Waals surface area contributed by atoms with Gasteiger partial charge in [0.1, 0.15) is 18.3 Å². The summed E-state index contributed by atoms with van der Waals surface area (Å²) in [4.78, 5) is 30.4. The van der Waals surface area contributed by atoms with Gasteiger partial charge >= 0.3 is 0 Å². The largest absolute Gasteiger partial charge is 0.495 e. The number of rotatable bonds is 15. The van der Waals surface area contributed by atoms with Crippen LogP contribution in [0.2, 0.25) is 10.0 Å². The second-order valence-corrected chi connectivity index (χ2v) is 14.9. The minimum atomic E-state index is -4.50. The van der Waals surface area contributed by atoms with Crippen LogP contribution in [0.1, 0.15) is 36.8 Å². The van der Waals surface area contributed by atoms with Gasteiger partial charge in [0.2, 0.25) is 11.8 Å². The van der Waals surface area contributed by atoms with Crippen LogP contribution in [-0.2, 0) is 32.6 Å². The SMILES string of the molecule is COc1ccc(S(=O)(=O)N(CC(=O)N(Cc2cccc(Cl)c2)C(Cc2ccccc2)C(=O)NC2CCCC2)c2cc(Cl)ccc2OC)cc1OC. The number of hydrogen-bond donors (Lipinski definition) is 1. The first kappa shape index (κ1) is 37.8. The highest BCUT2D eigenvalue weighted by Crippen LogP contribution is 2.37. The Hall–Kier alpha value is -4.45. The van der Waals surface area contributed by atoms with Gasteiger partial charge in [-0.15, -0.1) is 0 Å². The molecule has 4 aromatic carbocycles. The Morgan fingerprint density at radius 2 is 1.43 bits per heavy atom. The lowest BCUT2D eigenvalue weighted by Gasteiger charge is -2.34. The van der Waals surface area contributed by atoms with Crippen molar-refractivity contribution >= 4 is 50.7 Å². The second-order valence-electron chi connectivity index (χ2n) is 12.2. The average Bonchev–Trinajstić information content (AvgIpc) is 3.65. The van der Waals surface area contributed by atoms with Crippen molar-refractivity contribution in [3.63, 3.8) is 0 Å². The number of anilines is 1. The van der Waals surface area contributed by atoms with Crippen LogP contribution in [0.15, 0.2) is 95.9 Å². The molecule has 51 heavy (non-hydrogen) atoms. The number of carbonyl (C=O) groups is 2. The molecule has 5 rings (SSSR count). The molecule has 0 heterocycles. The highest BCUT2D eigenvalue weighted by atomic mass is 35.5. The highest BCUT2D eigenvalue weighted by Gasteiger charge is 2.37. The topological polar surface area (TPSA) is 114 Å². The van der Waals surface area contributed by atoms with E-state index < -0.39 is 28.5 Å². The number of ether oxygens (including phenoxy) is 3. The fourth-order valence-corrected chi connectivity index (χ4v) is 8.04. The number of nitrogens with one attached hydrogen (secondary N) is 1. The molecule has 2 amide bonds. The smallest absolute Gasteiger partial charge is 0.265 e. The summed E-state index contributed by atoms with van der Waals surface area (Å²) in [7, 11) is -0.272. The number of benzene rings is 4. The van der Waals surface area contributed by atoms with Crippen molar-refractivity contribution in [2.45, 2.75) is 55.6 Å². The summed E-state index contributed by atoms with van der Waals surface area (Å²) >= 11 is 12.8. The first-order valence-electron chi connectivity index (χ1n) is 16.5. The molecule has 1 fully saturated rings. The lowest BCUT2D eigenvalue weighted by molar-refractivity contribution is -0.140. The molecule has 1 aliphatic carbocycles. The van der Waals surface area contributed by atoms with Crippen LogP contribution >= 0.6 is 23.2 Å². The second kappa shape index (κ2) is 17.2. The van der Waals surface area contributed by atoms with Gasteiger partial charge in [0.25, 0.3) is 10.0 Å². The molecule has 1 N–H and O–H groups in total. The zero-order valence-corrected chi connectivity index (χ0v) is 31.0. The fraction of sp³-hybridized carbons (Fsp3) is 0.316. The Morgan fingerprint density at radius 3 is 2.10 bits per heavy atom. The van der Waals surface area contributed by atoms with E-state index >= 15 is 0 Å². The molecule has 0 saturated heterocycles. The van der Waals surface area contributed by atoms with E-state index in [0.717, 1.165) is 35.6 Å². The molecule has 13 heteroatoms. The van der Waals surface area contributed by atoms with Crippen LogP contribution in [0.25, 0.3) is 0 Å². The van der Waals surface area contributed by atoms with Crippen LogP contribution in [-0.4, -0.2) is 65.1 Å². The highest BCUT2D eigenvalue weighted by molar-refractivity contribution is 7.92. The Bertz CT molecular complexity index is 1940. The summed E-state index contributed by atoms with van der Waals surface area (Å²) in [5.74, 6) is -0.294. The van der Waals surface area contributed by atoms with Crippen molar-refractivity contribution in [2.75, 3.05) is 32.2 Å². The lowest BCUT2D eigenvalue weighted by atomic mass is 10.0. The first-order valence-corrected chi connectivity index (χ1v) is 18.7. The van der Waals surface area contributed by atoms with Crippen molar-refractivity contribution in [3.05, 3.63) is 112 Å². The van der Waals surface area contributed by atoms with Gasteiger partial charge in [-0.2, -0.15) is 0 Å². The molecule has 4 aromatic rings.